The van der Waals surface area contributed by atoms with E-state index in [1.165, 1.54) is 0 Å². The predicted molar refractivity (Wildman–Crippen MR) is 63.5 cm³/mol. The van der Waals surface area contributed by atoms with Gasteiger partial charge in [-0.05, 0) is 0 Å². The van der Waals surface area contributed by atoms with Crippen LogP contribution in [-0.4, -0.2) is 68.3 Å². The molecule has 0 aromatic heterocycles. The lowest BCUT2D eigenvalue weighted by molar-refractivity contribution is -0.130. The Morgan fingerprint density at radius 2 is 1.61 bits per heavy atom. The molecule has 18 heavy (non-hydrogen) atoms. The molecule has 2 aliphatic rings. The summed E-state index contributed by atoms with van der Waals surface area (Å²) in [5.74, 6) is -0.202. The van der Waals surface area contributed by atoms with Crippen LogP contribution in [0.2, 0.25) is 0 Å². The number of amides is 1. The Balaban J connectivity index is 2.00. The fourth-order valence-electron chi connectivity index (χ4n) is 1.96. The maximum absolute atomic E-state index is 12.1. The van der Waals surface area contributed by atoms with Gasteiger partial charge in [0.2, 0.25) is 0 Å². The van der Waals surface area contributed by atoms with Gasteiger partial charge in [0.1, 0.15) is 11.6 Å². The van der Waals surface area contributed by atoms with E-state index >= 15 is 0 Å². The molecule has 0 aliphatic carbocycles. The third-order valence-corrected chi connectivity index (χ3v) is 3.01. The molecule has 0 radical (unpaired) electrons. The molecule has 2 fully saturated rings. The maximum atomic E-state index is 12.1. The summed E-state index contributed by atoms with van der Waals surface area (Å²) in [4.78, 5) is 15.7. The second kappa shape index (κ2) is 6.38. The lowest BCUT2D eigenvalue weighted by Crippen LogP contribution is -2.42. The van der Waals surface area contributed by atoms with Crippen molar-refractivity contribution in [1.82, 2.24) is 9.80 Å². The average molecular weight is 251 g/mol. The van der Waals surface area contributed by atoms with Gasteiger partial charge in [-0.1, -0.05) is 0 Å². The third kappa shape index (κ3) is 3.22. The molecular formula is C12H17N3O3. The van der Waals surface area contributed by atoms with Gasteiger partial charge in [-0.3, -0.25) is 4.79 Å². The third-order valence-electron chi connectivity index (χ3n) is 3.01. The quantitative estimate of drug-likeness (QED) is 0.493. The Hall–Kier alpha value is -1.58. The van der Waals surface area contributed by atoms with Gasteiger partial charge in [0.05, 0.1) is 26.4 Å². The molecule has 2 heterocycles. The molecule has 0 aromatic rings. The molecule has 0 atom stereocenters. The van der Waals surface area contributed by atoms with E-state index in [4.69, 9.17) is 14.7 Å². The molecule has 2 rings (SSSR count). The van der Waals surface area contributed by atoms with Crippen LogP contribution in [0.25, 0.3) is 0 Å². The molecule has 1 amide bonds. The van der Waals surface area contributed by atoms with Crippen molar-refractivity contribution in [3.63, 3.8) is 0 Å². The van der Waals surface area contributed by atoms with Crippen molar-refractivity contribution in [1.29, 1.82) is 5.26 Å². The highest BCUT2D eigenvalue weighted by molar-refractivity contribution is 5.97. The maximum Gasteiger partial charge on any atom is 0.266 e. The second-order valence-corrected chi connectivity index (χ2v) is 4.21. The van der Waals surface area contributed by atoms with Gasteiger partial charge >= 0.3 is 0 Å². The molecule has 0 unspecified atom stereocenters. The van der Waals surface area contributed by atoms with E-state index in [1.807, 2.05) is 11.0 Å². The van der Waals surface area contributed by atoms with E-state index in [2.05, 4.69) is 0 Å². The zero-order valence-corrected chi connectivity index (χ0v) is 10.3. The highest BCUT2D eigenvalue weighted by Crippen LogP contribution is 2.07. The number of carbonyl (C=O) groups excluding carboxylic acids is 1. The van der Waals surface area contributed by atoms with Crippen molar-refractivity contribution in [2.75, 3.05) is 52.6 Å². The minimum atomic E-state index is -0.202. The topological polar surface area (TPSA) is 65.8 Å². The van der Waals surface area contributed by atoms with Gasteiger partial charge in [0.25, 0.3) is 5.91 Å². The van der Waals surface area contributed by atoms with Gasteiger partial charge in [-0.15, -0.1) is 0 Å². The first-order chi connectivity index (χ1) is 8.81. The summed E-state index contributed by atoms with van der Waals surface area (Å²) in [6.07, 6.45) is 1.65. The van der Waals surface area contributed by atoms with E-state index in [-0.39, 0.29) is 11.5 Å². The van der Waals surface area contributed by atoms with Crippen LogP contribution in [0.15, 0.2) is 11.8 Å². The van der Waals surface area contributed by atoms with Gasteiger partial charge in [0, 0.05) is 32.4 Å². The zero-order chi connectivity index (χ0) is 12.8. The molecule has 0 N–H and O–H groups in total. The molecular weight excluding hydrogens is 234 g/mol. The molecule has 0 bridgehead atoms. The first-order valence-electron chi connectivity index (χ1n) is 6.12. The molecule has 0 spiro atoms. The summed E-state index contributed by atoms with van der Waals surface area (Å²) in [5, 5.41) is 9.10. The van der Waals surface area contributed by atoms with Crippen molar-refractivity contribution >= 4 is 5.91 Å². The van der Waals surface area contributed by atoms with Gasteiger partial charge in [-0.2, -0.15) is 5.26 Å². The van der Waals surface area contributed by atoms with Crippen LogP contribution in [0.4, 0.5) is 0 Å². The van der Waals surface area contributed by atoms with Crippen LogP contribution in [-0.2, 0) is 14.3 Å². The van der Waals surface area contributed by atoms with Crippen LogP contribution < -0.4 is 0 Å². The van der Waals surface area contributed by atoms with E-state index in [1.54, 1.807) is 11.1 Å². The van der Waals surface area contributed by atoms with Gasteiger partial charge in [-0.25, -0.2) is 0 Å². The van der Waals surface area contributed by atoms with E-state index < -0.39 is 0 Å². The average Bonchev–Trinajstić information content (AvgIpc) is 2.46. The Morgan fingerprint density at radius 1 is 1.06 bits per heavy atom. The lowest BCUT2D eigenvalue weighted by atomic mass is 10.2. The minimum Gasteiger partial charge on any atom is -0.378 e. The van der Waals surface area contributed by atoms with Crippen molar-refractivity contribution < 1.29 is 14.3 Å². The van der Waals surface area contributed by atoms with Crippen LogP contribution in [0, 0.1) is 11.3 Å². The fraction of sp³-hybridized carbons (Fsp3) is 0.667. The number of hydrogen-bond acceptors (Lipinski definition) is 5. The van der Waals surface area contributed by atoms with Gasteiger partial charge < -0.3 is 19.3 Å². The van der Waals surface area contributed by atoms with Crippen molar-refractivity contribution in [2.45, 2.75) is 0 Å². The minimum absolute atomic E-state index is 0.193. The standard InChI is InChI=1S/C12H17N3O3/c13-9-11(10-14-1-5-17-6-2-14)12(16)15-3-7-18-8-4-15/h10H,1-8H2/b11-10-. The normalized spacial score (nSPS) is 21.6. The van der Waals surface area contributed by atoms with Crippen LogP contribution >= 0.6 is 0 Å². The number of ether oxygens (including phenoxy) is 2. The largest absolute Gasteiger partial charge is 0.378 e. The molecule has 2 saturated heterocycles. The SMILES string of the molecule is N#C/C(=C/N1CCOCC1)C(=O)N1CCOCC1. The summed E-state index contributed by atoms with van der Waals surface area (Å²) < 4.78 is 10.4. The smallest absolute Gasteiger partial charge is 0.266 e. The first-order valence-corrected chi connectivity index (χ1v) is 6.12. The van der Waals surface area contributed by atoms with Crippen molar-refractivity contribution in [3.05, 3.63) is 11.8 Å². The lowest BCUT2D eigenvalue weighted by Gasteiger charge is -2.28. The molecule has 6 heteroatoms. The summed E-state index contributed by atoms with van der Waals surface area (Å²) in [6.45, 7) is 4.93. The monoisotopic (exact) mass is 251 g/mol. The number of nitrogens with zero attached hydrogens (tertiary/aromatic N) is 3. The number of rotatable bonds is 2. The van der Waals surface area contributed by atoms with Gasteiger partial charge in [0.15, 0.2) is 0 Å². The fourth-order valence-corrected chi connectivity index (χ4v) is 1.96. The highest BCUT2D eigenvalue weighted by Gasteiger charge is 2.21. The predicted octanol–water partition coefficient (Wildman–Crippen LogP) is -0.415. The van der Waals surface area contributed by atoms with Crippen LogP contribution in [0.5, 0.6) is 0 Å². The summed E-state index contributed by atoms with van der Waals surface area (Å²) in [5.41, 5.74) is 0.193. The van der Waals surface area contributed by atoms with Crippen LogP contribution in [0.3, 0.4) is 0 Å². The Bertz CT molecular complexity index is 363. The highest BCUT2D eigenvalue weighted by atomic mass is 16.5. The molecule has 2 aliphatic heterocycles. The Labute approximate surface area is 106 Å². The summed E-state index contributed by atoms with van der Waals surface area (Å²) >= 11 is 0. The van der Waals surface area contributed by atoms with Crippen LogP contribution in [0.1, 0.15) is 0 Å². The molecule has 98 valence electrons. The van der Waals surface area contributed by atoms with Crippen molar-refractivity contribution in [2.24, 2.45) is 0 Å². The van der Waals surface area contributed by atoms with E-state index in [9.17, 15) is 4.79 Å². The first kappa shape index (κ1) is 12.9. The number of carbonyl (C=O) groups is 1. The van der Waals surface area contributed by atoms with Crippen molar-refractivity contribution in [3.8, 4) is 6.07 Å². The second-order valence-electron chi connectivity index (χ2n) is 4.21. The Morgan fingerprint density at radius 3 is 2.17 bits per heavy atom. The molecule has 0 saturated carbocycles. The summed E-state index contributed by atoms with van der Waals surface area (Å²) in [6, 6.07) is 1.99. The summed E-state index contributed by atoms with van der Waals surface area (Å²) in [7, 11) is 0. The van der Waals surface area contributed by atoms with E-state index in [0.29, 0.717) is 39.5 Å². The molecule has 0 aromatic carbocycles. The zero-order valence-electron chi connectivity index (χ0n) is 10.3. The van der Waals surface area contributed by atoms with E-state index in [0.717, 1.165) is 13.1 Å². The number of morpholine rings is 2. The number of hydrogen-bond donors (Lipinski definition) is 0. The molecule has 6 nitrogen and oxygen atoms in total. The Kier molecular flexibility index (Phi) is 4.56. The number of nitriles is 1.